The van der Waals surface area contributed by atoms with Gasteiger partial charge in [-0.1, -0.05) is 11.2 Å². The quantitative estimate of drug-likeness (QED) is 0.388. The van der Waals surface area contributed by atoms with Gasteiger partial charge in [0.1, 0.15) is 17.8 Å². The minimum Gasteiger partial charge on any atom is -0.508 e. The molecule has 11 heteroatoms. The molecule has 0 saturated heterocycles. The van der Waals surface area contributed by atoms with Gasteiger partial charge in [-0.3, -0.25) is 9.36 Å². The number of phenols is 1. The molecular formula is C24H15F3N4O4. The predicted octanol–water partition coefficient (Wildman–Crippen LogP) is 4.74. The Bertz CT molecular complexity index is 1580. The molecule has 2 aromatic heterocycles. The number of halogens is 3. The molecule has 176 valence electrons. The molecule has 0 unspecified atom stereocenters. The minimum absolute atomic E-state index is 0.0651. The third-order valence-electron chi connectivity index (χ3n) is 5.13. The first-order valence-electron chi connectivity index (χ1n) is 10.2. The molecule has 0 aliphatic carbocycles. The van der Waals surface area contributed by atoms with Crippen LogP contribution in [-0.2, 0) is 12.8 Å². The van der Waals surface area contributed by atoms with Crippen molar-refractivity contribution in [2.75, 3.05) is 0 Å². The van der Waals surface area contributed by atoms with Crippen molar-refractivity contribution in [1.29, 1.82) is 0 Å². The third-order valence-corrected chi connectivity index (χ3v) is 5.13. The summed E-state index contributed by atoms with van der Waals surface area (Å²) >= 11 is 0. The topological polar surface area (TPSA) is 103 Å². The zero-order chi connectivity index (χ0) is 24.6. The maximum Gasteiger partial charge on any atom is 0.416 e. The first-order chi connectivity index (χ1) is 16.8. The average molecular weight is 480 g/mol. The van der Waals surface area contributed by atoms with Crippen molar-refractivity contribution in [3.63, 3.8) is 0 Å². The number of phenolic OH excluding ortho intramolecular Hbond substituents is 1. The van der Waals surface area contributed by atoms with E-state index >= 15 is 0 Å². The second-order valence-corrected chi connectivity index (χ2v) is 7.50. The summed E-state index contributed by atoms with van der Waals surface area (Å²) in [6.07, 6.45) is -3.11. The van der Waals surface area contributed by atoms with E-state index in [1.807, 2.05) is 0 Å². The Kier molecular flexibility index (Phi) is 5.44. The van der Waals surface area contributed by atoms with E-state index in [0.29, 0.717) is 22.3 Å². The van der Waals surface area contributed by atoms with Crippen molar-refractivity contribution in [3.8, 4) is 28.6 Å². The summed E-state index contributed by atoms with van der Waals surface area (Å²) in [4.78, 5) is 21.2. The maximum atomic E-state index is 12.9. The Morgan fingerprint density at radius 3 is 2.60 bits per heavy atom. The number of aromatic hydroxyl groups is 1. The van der Waals surface area contributed by atoms with Crippen molar-refractivity contribution >= 4 is 10.9 Å². The summed E-state index contributed by atoms with van der Waals surface area (Å²) in [5.74, 6) is 0.538. The van der Waals surface area contributed by atoms with Crippen molar-refractivity contribution in [1.82, 2.24) is 19.7 Å². The van der Waals surface area contributed by atoms with Crippen LogP contribution in [-0.4, -0.2) is 24.8 Å². The second-order valence-electron chi connectivity index (χ2n) is 7.50. The van der Waals surface area contributed by atoms with E-state index < -0.39 is 11.7 Å². The van der Waals surface area contributed by atoms with Gasteiger partial charge >= 0.3 is 6.18 Å². The lowest BCUT2D eigenvalue weighted by Gasteiger charge is -2.08. The summed E-state index contributed by atoms with van der Waals surface area (Å²) in [5, 5.41) is 13.5. The molecule has 35 heavy (non-hydrogen) atoms. The van der Waals surface area contributed by atoms with Gasteiger partial charge in [-0.05, 0) is 54.6 Å². The molecule has 0 radical (unpaired) electrons. The average Bonchev–Trinajstić information content (AvgIpc) is 3.32. The van der Waals surface area contributed by atoms with Gasteiger partial charge < -0.3 is 14.4 Å². The fourth-order valence-electron chi connectivity index (χ4n) is 3.39. The standard InChI is InChI=1S/C24H15F3N4O4/c25-24(26,27)15-3-1-2-14(10-15)22-29-21(30-35-22)12-34-18-8-9-19-20(11-18)28-13-31(23(19)33)16-4-6-17(32)7-5-16/h1-11,13,32H,12H2. The summed E-state index contributed by atoms with van der Waals surface area (Å²) < 4.78 is 50.9. The molecule has 1 N–H and O–H groups in total. The number of aromatic nitrogens is 4. The molecule has 5 rings (SSSR count). The summed E-state index contributed by atoms with van der Waals surface area (Å²) in [6.45, 7) is -0.113. The van der Waals surface area contributed by atoms with Crippen molar-refractivity contribution in [2.45, 2.75) is 12.8 Å². The van der Waals surface area contributed by atoms with E-state index in [2.05, 4.69) is 15.1 Å². The molecule has 2 heterocycles. The van der Waals surface area contributed by atoms with Crippen LogP contribution in [0.2, 0.25) is 0 Å². The lowest BCUT2D eigenvalue weighted by atomic mass is 10.1. The second kappa shape index (κ2) is 8.60. The van der Waals surface area contributed by atoms with Gasteiger partial charge in [0.15, 0.2) is 6.61 Å². The summed E-state index contributed by atoms with van der Waals surface area (Å²) in [5.41, 5.74) is -0.0230. The molecule has 0 amide bonds. The van der Waals surface area contributed by atoms with Crippen LogP contribution < -0.4 is 10.3 Å². The van der Waals surface area contributed by atoms with Crippen LogP contribution in [0.15, 0.2) is 82.4 Å². The monoisotopic (exact) mass is 480 g/mol. The van der Waals surface area contributed by atoms with Gasteiger partial charge in [0, 0.05) is 11.6 Å². The molecule has 0 bridgehead atoms. The SMILES string of the molecule is O=c1c2ccc(OCc3noc(-c4cccc(C(F)(F)F)c4)n3)cc2ncn1-c1ccc(O)cc1. The number of alkyl halides is 3. The third kappa shape index (κ3) is 4.56. The lowest BCUT2D eigenvalue weighted by molar-refractivity contribution is -0.137. The van der Waals surface area contributed by atoms with E-state index in [1.165, 1.54) is 35.2 Å². The number of fused-ring (bicyclic) bond motifs is 1. The van der Waals surface area contributed by atoms with Crippen LogP contribution in [0, 0.1) is 0 Å². The van der Waals surface area contributed by atoms with E-state index in [1.54, 1.807) is 30.3 Å². The van der Waals surface area contributed by atoms with Crippen molar-refractivity contribution in [2.24, 2.45) is 0 Å². The molecular weight excluding hydrogens is 465 g/mol. The fourth-order valence-corrected chi connectivity index (χ4v) is 3.39. The molecule has 0 spiro atoms. The Labute approximate surface area is 194 Å². The number of ether oxygens (including phenoxy) is 1. The Morgan fingerprint density at radius 2 is 1.83 bits per heavy atom. The molecule has 0 aliphatic rings. The predicted molar refractivity (Wildman–Crippen MR) is 118 cm³/mol. The highest BCUT2D eigenvalue weighted by Gasteiger charge is 2.30. The Morgan fingerprint density at radius 1 is 1.03 bits per heavy atom. The number of rotatable bonds is 5. The summed E-state index contributed by atoms with van der Waals surface area (Å²) in [7, 11) is 0. The van der Waals surface area contributed by atoms with Crippen LogP contribution in [0.25, 0.3) is 28.0 Å². The van der Waals surface area contributed by atoms with Gasteiger partial charge in [0.2, 0.25) is 5.82 Å². The van der Waals surface area contributed by atoms with E-state index in [0.717, 1.165) is 12.1 Å². The summed E-state index contributed by atoms with van der Waals surface area (Å²) in [6, 6.07) is 15.4. The molecule has 0 fully saturated rings. The zero-order valence-electron chi connectivity index (χ0n) is 17.7. The van der Waals surface area contributed by atoms with Crippen LogP contribution >= 0.6 is 0 Å². The molecule has 5 aromatic rings. The molecule has 0 atom stereocenters. The van der Waals surface area contributed by atoms with Crippen LogP contribution in [0.1, 0.15) is 11.4 Å². The van der Waals surface area contributed by atoms with Crippen LogP contribution in [0.4, 0.5) is 13.2 Å². The molecule has 3 aromatic carbocycles. The van der Waals surface area contributed by atoms with Crippen molar-refractivity contribution in [3.05, 3.63) is 94.8 Å². The molecule has 0 saturated carbocycles. The van der Waals surface area contributed by atoms with Gasteiger partial charge in [-0.25, -0.2) is 4.98 Å². The highest BCUT2D eigenvalue weighted by molar-refractivity contribution is 5.79. The van der Waals surface area contributed by atoms with E-state index in [9.17, 15) is 23.1 Å². The van der Waals surface area contributed by atoms with E-state index in [-0.39, 0.29) is 35.2 Å². The number of benzene rings is 3. The molecule has 0 aliphatic heterocycles. The lowest BCUT2D eigenvalue weighted by Crippen LogP contribution is -2.18. The number of hydrogen-bond acceptors (Lipinski definition) is 7. The largest absolute Gasteiger partial charge is 0.508 e. The Balaban J connectivity index is 1.33. The van der Waals surface area contributed by atoms with Gasteiger partial charge in [-0.2, -0.15) is 18.2 Å². The fraction of sp³-hybridized carbons (Fsp3) is 0.0833. The molecule has 8 nitrogen and oxygen atoms in total. The first kappa shape index (κ1) is 22.1. The smallest absolute Gasteiger partial charge is 0.416 e. The number of nitrogens with zero attached hydrogens (tertiary/aromatic N) is 4. The highest BCUT2D eigenvalue weighted by Crippen LogP contribution is 2.31. The van der Waals surface area contributed by atoms with Gasteiger partial charge in [0.25, 0.3) is 11.4 Å². The van der Waals surface area contributed by atoms with Gasteiger partial charge in [0.05, 0.1) is 22.2 Å². The zero-order valence-corrected chi connectivity index (χ0v) is 17.7. The minimum atomic E-state index is -4.49. The Hall–Kier alpha value is -4.67. The maximum absolute atomic E-state index is 12.9. The van der Waals surface area contributed by atoms with Crippen molar-refractivity contribution < 1.29 is 27.5 Å². The first-order valence-corrected chi connectivity index (χ1v) is 10.2. The van der Waals surface area contributed by atoms with Gasteiger partial charge in [-0.15, -0.1) is 0 Å². The highest BCUT2D eigenvalue weighted by atomic mass is 19.4. The van der Waals surface area contributed by atoms with Crippen LogP contribution in [0.3, 0.4) is 0 Å². The van der Waals surface area contributed by atoms with E-state index in [4.69, 9.17) is 9.26 Å². The normalized spacial score (nSPS) is 11.6. The number of hydrogen-bond donors (Lipinski definition) is 1. The van der Waals surface area contributed by atoms with Crippen LogP contribution in [0.5, 0.6) is 11.5 Å².